The Morgan fingerprint density at radius 3 is 2.30 bits per heavy atom. The van der Waals surface area contributed by atoms with E-state index in [-0.39, 0.29) is 5.75 Å². The van der Waals surface area contributed by atoms with E-state index in [0.29, 0.717) is 11.1 Å². The summed E-state index contributed by atoms with van der Waals surface area (Å²) in [4.78, 5) is 0. The summed E-state index contributed by atoms with van der Waals surface area (Å²) in [5.74, 6) is -0.295. The van der Waals surface area contributed by atoms with Crippen LogP contribution in [0.5, 0.6) is 0 Å². The number of sulfonamides is 1. The zero-order valence-corrected chi connectivity index (χ0v) is 13.0. The second-order valence-corrected chi connectivity index (χ2v) is 7.54. The highest BCUT2D eigenvalue weighted by Gasteiger charge is 2.38. The van der Waals surface area contributed by atoms with Crippen molar-refractivity contribution in [2.75, 3.05) is 0 Å². The molecule has 0 bridgehead atoms. The van der Waals surface area contributed by atoms with E-state index in [1.807, 2.05) is 6.07 Å². The SMILES string of the molecule is CC(C)(O)C(C)(C)NS(=O)(=O)Cc1ccccc1C#N. The van der Waals surface area contributed by atoms with E-state index in [0.717, 1.165) is 0 Å². The number of hydrogen-bond acceptors (Lipinski definition) is 4. The molecule has 0 spiro atoms. The van der Waals surface area contributed by atoms with Crippen molar-refractivity contribution in [2.24, 2.45) is 0 Å². The van der Waals surface area contributed by atoms with Gasteiger partial charge in [-0.3, -0.25) is 0 Å². The minimum Gasteiger partial charge on any atom is -0.389 e. The molecule has 1 aromatic rings. The summed E-state index contributed by atoms with van der Waals surface area (Å²) in [7, 11) is -3.67. The van der Waals surface area contributed by atoms with Crippen LogP contribution in [0.25, 0.3) is 0 Å². The first-order chi connectivity index (χ1) is 8.98. The fourth-order valence-corrected chi connectivity index (χ4v) is 3.27. The molecular weight excluding hydrogens is 276 g/mol. The van der Waals surface area contributed by atoms with Crippen LogP contribution in [0.2, 0.25) is 0 Å². The van der Waals surface area contributed by atoms with Crippen LogP contribution in [-0.2, 0) is 15.8 Å². The fraction of sp³-hybridized carbons (Fsp3) is 0.500. The van der Waals surface area contributed by atoms with Gasteiger partial charge in [0, 0.05) is 0 Å². The second kappa shape index (κ2) is 5.52. The van der Waals surface area contributed by atoms with Crippen molar-refractivity contribution in [1.82, 2.24) is 4.72 Å². The minimum absolute atomic E-state index is 0.295. The van der Waals surface area contributed by atoms with Crippen molar-refractivity contribution in [3.05, 3.63) is 35.4 Å². The van der Waals surface area contributed by atoms with Gasteiger partial charge < -0.3 is 5.11 Å². The largest absolute Gasteiger partial charge is 0.389 e. The molecule has 0 saturated carbocycles. The third-order valence-electron chi connectivity index (χ3n) is 3.42. The molecule has 0 saturated heterocycles. The maximum atomic E-state index is 12.2. The highest BCUT2D eigenvalue weighted by atomic mass is 32.2. The van der Waals surface area contributed by atoms with E-state index in [9.17, 15) is 13.5 Å². The van der Waals surface area contributed by atoms with E-state index in [2.05, 4.69) is 4.72 Å². The fourth-order valence-electron chi connectivity index (χ4n) is 1.51. The Labute approximate surface area is 120 Å². The average Bonchev–Trinajstić information content (AvgIpc) is 2.26. The molecule has 0 aliphatic rings. The van der Waals surface area contributed by atoms with Crippen molar-refractivity contribution < 1.29 is 13.5 Å². The highest BCUT2D eigenvalue weighted by molar-refractivity contribution is 7.88. The van der Waals surface area contributed by atoms with Crippen LogP contribution < -0.4 is 4.72 Å². The first kappa shape index (κ1) is 16.6. The lowest BCUT2D eigenvalue weighted by Gasteiger charge is -2.37. The van der Waals surface area contributed by atoms with E-state index >= 15 is 0 Å². The number of nitriles is 1. The Kier molecular flexibility index (Phi) is 4.59. The zero-order valence-electron chi connectivity index (χ0n) is 12.1. The molecule has 110 valence electrons. The normalized spacial score (nSPS) is 13.0. The second-order valence-electron chi connectivity index (χ2n) is 5.81. The minimum atomic E-state index is -3.67. The summed E-state index contributed by atoms with van der Waals surface area (Å²) >= 11 is 0. The Balaban J connectivity index is 3.01. The molecule has 0 atom stereocenters. The number of aliphatic hydroxyl groups is 1. The molecule has 5 nitrogen and oxygen atoms in total. The van der Waals surface area contributed by atoms with Gasteiger partial charge in [0.1, 0.15) is 0 Å². The van der Waals surface area contributed by atoms with Crippen LogP contribution >= 0.6 is 0 Å². The first-order valence-corrected chi connectivity index (χ1v) is 7.86. The molecule has 0 unspecified atom stereocenters. The molecular formula is C14H20N2O3S. The molecule has 6 heteroatoms. The molecule has 0 aliphatic carbocycles. The molecule has 1 rings (SSSR count). The summed E-state index contributed by atoms with van der Waals surface area (Å²) in [5, 5.41) is 19.0. The van der Waals surface area contributed by atoms with Crippen LogP contribution in [0.3, 0.4) is 0 Å². The molecule has 1 aromatic carbocycles. The topological polar surface area (TPSA) is 90.2 Å². The summed E-state index contributed by atoms with van der Waals surface area (Å²) in [6.45, 7) is 6.30. The van der Waals surface area contributed by atoms with Gasteiger partial charge in [0.15, 0.2) is 0 Å². The monoisotopic (exact) mass is 296 g/mol. The molecule has 2 N–H and O–H groups in total. The predicted molar refractivity (Wildman–Crippen MR) is 77.3 cm³/mol. The number of nitrogens with one attached hydrogen (secondary N) is 1. The van der Waals surface area contributed by atoms with Gasteiger partial charge in [-0.25, -0.2) is 13.1 Å². The third kappa shape index (κ3) is 4.04. The Bertz CT molecular complexity index is 623. The number of rotatable bonds is 5. The third-order valence-corrected chi connectivity index (χ3v) is 4.94. The van der Waals surface area contributed by atoms with Crippen molar-refractivity contribution in [3.63, 3.8) is 0 Å². The van der Waals surface area contributed by atoms with Crippen molar-refractivity contribution in [2.45, 2.75) is 44.6 Å². The van der Waals surface area contributed by atoms with Gasteiger partial charge in [-0.2, -0.15) is 5.26 Å². The number of nitrogens with zero attached hydrogens (tertiary/aromatic N) is 1. The summed E-state index contributed by atoms with van der Waals surface area (Å²) < 4.78 is 26.9. The van der Waals surface area contributed by atoms with Gasteiger partial charge in [0.25, 0.3) is 0 Å². The predicted octanol–water partition coefficient (Wildman–Crippen LogP) is 1.53. The number of benzene rings is 1. The molecule has 0 fully saturated rings. The van der Waals surface area contributed by atoms with Gasteiger partial charge >= 0.3 is 0 Å². The lowest BCUT2D eigenvalue weighted by atomic mass is 9.87. The zero-order chi connectivity index (χ0) is 15.6. The smallest absolute Gasteiger partial charge is 0.216 e. The first-order valence-electron chi connectivity index (χ1n) is 6.20. The molecule has 0 aromatic heterocycles. The van der Waals surface area contributed by atoms with Gasteiger partial charge in [-0.05, 0) is 39.3 Å². The Hall–Kier alpha value is -1.42. The maximum absolute atomic E-state index is 12.2. The van der Waals surface area contributed by atoms with Crippen LogP contribution in [0, 0.1) is 11.3 Å². The molecule has 20 heavy (non-hydrogen) atoms. The molecule has 0 aliphatic heterocycles. The van der Waals surface area contributed by atoms with Crippen LogP contribution in [0.1, 0.15) is 38.8 Å². The Morgan fingerprint density at radius 2 is 1.80 bits per heavy atom. The molecule has 0 radical (unpaired) electrons. The van der Waals surface area contributed by atoms with Crippen molar-refractivity contribution in [3.8, 4) is 6.07 Å². The number of hydrogen-bond donors (Lipinski definition) is 2. The average molecular weight is 296 g/mol. The summed E-state index contributed by atoms with van der Waals surface area (Å²) in [5.41, 5.74) is -1.46. The molecule has 0 amide bonds. The van der Waals surface area contributed by atoms with E-state index < -0.39 is 21.2 Å². The summed E-state index contributed by atoms with van der Waals surface area (Å²) in [6.07, 6.45) is 0. The van der Waals surface area contributed by atoms with E-state index in [1.54, 1.807) is 52.0 Å². The van der Waals surface area contributed by atoms with Crippen LogP contribution in [-0.4, -0.2) is 24.7 Å². The lowest BCUT2D eigenvalue weighted by molar-refractivity contribution is 0.00636. The van der Waals surface area contributed by atoms with Gasteiger partial charge in [0.2, 0.25) is 10.0 Å². The highest BCUT2D eigenvalue weighted by Crippen LogP contribution is 2.22. The van der Waals surface area contributed by atoms with Crippen molar-refractivity contribution >= 4 is 10.0 Å². The lowest BCUT2D eigenvalue weighted by Crippen LogP contribution is -2.57. The van der Waals surface area contributed by atoms with Crippen molar-refractivity contribution in [1.29, 1.82) is 5.26 Å². The van der Waals surface area contributed by atoms with Crippen LogP contribution in [0.4, 0.5) is 0 Å². The van der Waals surface area contributed by atoms with Gasteiger partial charge in [-0.15, -0.1) is 0 Å². The van der Waals surface area contributed by atoms with Gasteiger partial charge in [0.05, 0.1) is 28.5 Å². The quantitative estimate of drug-likeness (QED) is 0.862. The Morgan fingerprint density at radius 1 is 1.25 bits per heavy atom. The summed E-state index contributed by atoms with van der Waals surface area (Å²) in [6, 6.07) is 8.52. The maximum Gasteiger partial charge on any atom is 0.216 e. The molecule has 0 heterocycles. The standard InChI is InChI=1S/C14H20N2O3S/c1-13(2,14(3,4)17)16-20(18,19)10-12-8-6-5-7-11(12)9-15/h5-8,16-17H,10H2,1-4H3. The van der Waals surface area contributed by atoms with E-state index in [4.69, 9.17) is 5.26 Å². The van der Waals surface area contributed by atoms with Gasteiger partial charge in [-0.1, -0.05) is 18.2 Å². The van der Waals surface area contributed by atoms with E-state index in [1.165, 1.54) is 0 Å². The van der Waals surface area contributed by atoms with Crippen LogP contribution in [0.15, 0.2) is 24.3 Å².